The summed E-state index contributed by atoms with van der Waals surface area (Å²) >= 11 is 0. The molecule has 1 aromatic heterocycles. The van der Waals surface area contributed by atoms with Crippen LogP contribution in [0.15, 0.2) is 6.20 Å². The summed E-state index contributed by atoms with van der Waals surface area (Å²) in [4.78, 5) is 3.38. The highest BCUT2D eigenvalue weighted by atomic mass is 16.3. The third-order valence-electron chi connectivity index (χ3n) is 0.748. The minimum atomic E-state index is -0.162. The molecule has 1 rings (SSSR count). The van der Waals surface area contributed by atoms with Gasteiger partial charge in [-0.05, 0) is 0 Å². The molecule has 0 amide bonds. The van der Waals surface area contributed by atoms with E-state index in [9.17, 15) is 0 Å². The Morgan fingerprint density at radius 1 is 1.75 bits per heavy atom. The van der Waals surface area contributed by atoms with Crippen LogP contribution in [0.4, 0.5) is 5.95 Å². The van der Waals surface area contributed by atoms with Gasteiger partial charge in [-0.1, -0.05) is 0 Å². The average Bonchev–Trinajstić information content (AvgIpc) is 1.85. The van der Waals surface area contributed by atoms with E-state index in [1.807, 2.05) is 0 Å². The smallest absolute Gasteiger partial charge is 0.233 e. The van der Waals surface area contributed by atoms with E-state index < -0.39 is 0 Å². The Hall–Kier alpha value is -1.39. The predicted octanol–water partition coefficient (Wildman–Crippen LogP) is -1.12. The molecule has 0 saturated carbocycles. The lowest BCUT2D eigenvalue weighted by Crippen LogP contribution is -2.09. The van der Waals surface area contributed by atoms with Crippen LogP contribution in [0.25, 0.3) is 0 Å². The van der Waals surface area contributed by atoms with Gasteiger partial charge in [0.1, 0.15) is 0 Å². The van der Waals surface area contributed by atoms with Gasteiger partial charge in [0.05, 0.1) is 6.20 Å². The number of nitrogen functional groups attached to an aromatic ring is 2. The molecule has 0 atom stereocenters. The van der Waals surface area contributed by atoms with E-state index in [0.717, 1.165) is 4.68 Å². The van der Waals surface area contributed by atoms with Gasteiger partial charge in [-0.2, -0.15) is 4.98 Å². The molecule has 5 N–H and O–H groups in total. The Kier molecular flexibility index (Phi) is 0.768. The second kappa shape index (κ2) is 1.29. The van der Waals surface area contributed by atoms with Crippen molar-refractivity contribution in [3.63, 3.8) is 0 Å². The Bertz CT molecular complexity index is 174. The lowest BCUT2D eigenvalue weighted by atomic mass is 10.9. The van der Waals surface area contributed by atoms with Crippen LogP contribution >= 0.6 is 0 Å². The Morgan fingerprint density at radius 2 is 2.38 bits per heavy atom. The molecular weight excluding hydrogens is 108 g/mol. The summed E-state index contributed by atoms with van der Waals surface area (Å²) in [7, 11) is 0. The summed E-state index contributed by atoms with van der Waals surface area (Å²) in [6.07, 6.45) is 1.22. The van der Waals surface area contributed by atoms with Crippen molar-refractivity contribution in [3.05, 3.63) is 6.20 Å². The van der Waals surface area contributed by atoms with Gasteiger partial charge < -0.3 is 16.7 Å². The monoisotopic (exact) mass is 114 g/mol. The average molecular weight is 114 g/mol. The number of nitrogens with two attached hydrogens (primary N) is 2. The molecule has 0 spiro atoms. The summed E-state index contributed by atoms with van der Waals surface area (Å²) < 4.78 is 1.04. The van der Waals surface area contributed by atoms with Crippen molar-refractivity contribution in [2.24, 2.45) is 0 Å². The van der Waals surface area contributed by atoms with Gasteiger partial charge in [0, 0.05) is 0 Å². The summed E-state index contributed by atoms with van der Waals surface area (Å²) in [6, 6.07) is 0. The van der Waals surface area contributed by atoms with Crippen LogP contribution in [-0.2, 0) is 0 Å². The number of hydrogen-bond acceptors (Lipinski definition) is 4. The van der Waals surface area contributed by atoms with Crippen LogP contribution in [-0.4, -0.2) is 14.8 Å². The molecule has 8 heavy (non-hydrogen) atoms. The molecule has 44 valence electrons. The van der Waals surface area contributed by atoms with E-state index in [-0.39, 0.29) is 11.8 Å². The largest absolute Gasteiger partial charge is 0.492 e. The molecule has 0 unspecified atom stereocenters. The van der Waals surface area contributed by atoms with E-state index in [1.54, 1.807) is 0 Å². The second-order valence-corrected chi connectivity index (χ2v) is 1.36. The van der Waals surface area contributed by atoms with Crippen molar-refractivity contribution in [2.75, 3.05) is 11.6 Å². The van der Waals surface area contributed by atoms with Crippen LogP contribution in [0.1, 0.15) is 0 Å². The number of nitrogens with zero attached hydrogens (tertiary/aromatic N) is 2. The fourth-order valence-corrected chi connectivity index (χ4v) is 0.395. The van der Waals surface area contributed by atoms with Crippen LogP contribution in [0.3, 0.4) is 0 Å². The number of rotatable bonds is 0. The Balaban J connectivity index is 3.14. The SMILES string of the molecule is Nc1nc(O)cn1N. The molecule has 0 aliphatic carbocycles. The highest BCUT2D eigenvalue weighted by Crippen LogP contribution is 2.04. The Labute approximate surface area is 45.5 Å². The molecule has 1 aromatic rings. The molecule has 0 bridgehead atoms. The predicted molar refractivity (Wildman–Crippen MR) is 28.5 cm³/mol. The zero-order chi connectivity index (χ0) is 6.15. The van der Waals surface area contributed by atoms with Crippen LogP contribution in [0.2, 0.25) is 0 Å². The number of hydrogen-bond donors (Lipinski definition) is 3. The molecule has 0 aliphatic rings. The second-order valence-electron chi connectivity index (χ2n) is 1.36. The van der Waals surface area contributed by atoms with Crippen molar-refractivity contribution in [3.8, 4) is 5.88 Å². The van der Waals surface area contributed by atoms with Crippen molar-refractivity contribution in [2.45, 2.75) is 0 Å². The zero-order valence-corrected chi connectivity index (χ0v) is 4.07. The highest BCUT2D eigenvalue weighted by molar-refractivity contribution is 5.23. The zero-order valence-electron chi connectivity index (χ0n) is 4.07. The topological polar surface area (TPSA) is 90.1 Å². The van der Waals surface area contributed by atoms with Crippen LogP contribution < -0.4 is 11.6 Å². The van der Waals surface area contributed by atoms with Crippen molar-refractivity contribution < 1.29 is 5.11 Å². The summed E-state index contributed by atoms with van der Waals surface area (Å²) in [5, 5.41) is 8.54. The lowest BCUT2D eigenvalue weighted by molar-refractivity contribution is 0.456. The molecule has 0 aromatic carbocycles. The van der Waals surface area contributed by atoms with E-state index >= 15 is 0 Å². The van der Waals surface area contributed by atoms with E-state index in [2.05, 4.69) is 4.98 Å². The first-order valence-corrected chi connectivity index (χ1v) is 1.99. The molecule has 0 aliphatic heterocycles. The number of imidazole rings is 1. The molecular formula is C3H6N4O. The van der Waals surface area contributed by atoms with Gasteiger partial charge in [-0.25, -0.2) is 4.68 Å². The first kappa shape index (κ1) is 4.76. The number of aromatic nitrogens is 2. The molecule has 0 saturated heterocycles. The number of aromatic hydroxyl groups is 1. The maximum atomic E-state index is 8.54. The molecule has 1 heterocycles. The van der Waals surface area contributed by atoms with E-state index in [1.165, 1.54) is 6.20 Å². The van der Waals surface area contributed by atoms with Gasteiger partial charge in [0.15, 0.2) is 0 Å². The summed E-state index contributed by atoms with van der Waals surface area (Å²) in [5.74, 6) is 5.05. The van der Waals surface area contributed by atoms with Gasteiger partial charge >= 0.3 is 0 Å². The van der Waals surface area contributed by atoms with Gasteiger partial charge in [-0.3, -0.25) is 0 Å². The van der Waals surface area contributed by atoms with E-state index in [4.69, 9.17) is 16.7 Å². The highest BCUT2D eigenvalue weighted by Gasteiger charge is 1.96. The van der Waals surface area contributed by atoms with Gasteiger partial charge in [-0.15, -0.1) is 0 Å². The Morgan fingerprint density at radius 3 is 2.50 bits per heavy atom. The molecule has 0 radical (unpaired) electrons. The normalized spacial score (nSPS) is 9.50. The summed E-state index contributed by atoms with van der Waals surface area (Å²) in [5.41, 5.74) is 5.11. The van der Waals surface area contributed by atoms with Crippen LogP contribution in [0.5, 0.6) is 5.88 Å². The summed E-state index contributed by atoms with van der Waals surface area (Å²) in [6.45, 7) is 0. The van der Waals surface area contributed by atoms with Gasteiger partial charge in [0.2, 0.25) is 11.8 Å². The fourth-order valence-electron chi connectivity index (χ4n) is 0.395. The maximum absolute atomic E-state index is 8.54. The lowest BCUT2D eigenvalue weighted by Gasteiger charge is -1.87. The molecule has 5 heteroatoms. The standard InChI is InChI=1S/C3H6N4O/c4-3-6-2(8)1-7(3)5/h1,8H,5H2,(H2,4,6). The third-order valence-corrected chi connectivity index (χ3v) is 0.748. The maximum Gasteiger partial charge on any atom is 0.233 e. The molecule has 5 nitrogen and oxygen atoms in total. The minimum absolute atomic E-state index is 0.0995. The van der Waals surface area contributed by atoms with Crippen molar-refractivity contribution in [1.29, 1.82) is 0 Å². The van der Waals surface area contributed by atoms with E-state index in [0.29, 0.717) is 0 Å². The third kappa shape index (κ3) is 0.534. The minimum Gasteiger partial charge on any atom is -0.492 e. The quantitative estimate of drug-likeness (QED) is 0.373. The van der Waals surface area contributed by atoms with Gasteiger partial charge in [0.25, 0.3) is 0 Å². The first-order valence-electron chi connectivity index (χ1n) is 1.99. The number of anilines is 1. The molecule has 0 fully saturated rings. The van der Waals surface area contributed by atoms with Crippen LogP contribution in [0, 0.1) is 0 Å². The first-order chi connectivity index (χ1) is 3.70. The fraction of sp³-hybridized carbons (Fsp3) is 0. The van der Waals surface area contributed by atoms with Crippen molar-refractivity contribution >= 4 is 5.95 Å². The van der Waals surface area contributed by atoms with Crippen molar-refractivity contribution in [1.82, 2.24) is 9.66 Å².